The van der Waals surface area contributed by atoms with E-state index in [1.54, 1.807) is 36.4 Å². The van der Waals surface area contributed by atoms with Gasteiger partial charge >= 0.3 is 5.97 Å². The molecule has 0 N–H and O–H groups in total. The Balaban J connectivity index is 1.40. The number of hydrogen-bond acceptors (Lipinski definition) is 6. The number of rotatable bonds is 12. The second kappa shape index (κ2) is 13.1. The van der Waals surface area contributed by atoms with E-state index >= 15 is 0 Å². The molecule has 7 nitrogen and oxygen atoms in total. The second-order valence-corrected chi connectivity index (χ2v) is 8.54. The van der Waals surface area contributed by atoms with E-state index in [0.29, 0.717) is 43.9 Å². The van der Waals surface area contributed by atoms with E-state index in [4.69, 9.17) is 19.6 Å². The van der Waals surface area contributed by atoms with Crippen molar-refractivity contribution >= 4 is 5.97 Å². The molecule has 0 aliphatic carbocycles. The molecule has 0 radical (unpaired) electrons. The average molecular weight is 499 g/mol. The minimum Gasteiger partial charge on any atom is -0.493 e. The highest BCUT2D eigenvalue weighted by Crippen LogP contribution is 2.30. The Hall–Kier alpha value is -4.39. The summed E-state index contributed by atoms with van der Waals surface area (Å²) in [6.45, 7) is 2.67. The maximum absolute atomic E-state index is 12.6. The van der Waals surface area contributed by atoms with Gasteiger partial charge in [0.15, 0.2) is 5.75 Å². The van der Waals surface area contributed by atoms with E-state index in [1.807, 2.05) is 43.3 Å². The summed E-state index contributed by atoms with van der Waals surface area (Å²) in [4.78, 5) is 33.9. The fourth-order valence-corrected chi connectivity index (χ4v) is 3.96. The largest absolute Gasteiger partial charge is 0.493 e. The van der Waals surface area contributed by atoms with Gasteiger partial charge in [-0.2, -0.15) is 5.10 Å². The Morgan fingerprint density at radius 1 is 0.865 bits per heavy atom. The maximum atomic E-state index is 12.6. The number of aryl methyl sites for hydroxylation is 1. The molecule has 0 bridgehead atoms. The van der Waals surface area contributed by atoms with Gasteiger partial charge < -0.3 is 4.74 Å². The lowest BCUT2D eigenvalue weighted by molar-refractivity contribution is -0.213. The topological polar surface area (TPSA) is 79.7 Å². The number of carbonyl (C=O) groups is 1. The van der Waals surface area contributed by atoms with E-state index in [-0.39, 0.29) is 11.5 Å². The van der Waals surface area contributed by atoms with E-state index in [9.17, 15) is 9.59 Å². The molecule has 0 unspecified atom stereocenters. The highest BCUT2D eigenvalue weighted by atomic mass is 17.2. The van der Waals surface area contributed by atoms with Crippen LogP contribution in [0.2, 0.25) is 0 Å². The molecule has 0 saturated carbocycles. The van der Waals surface area contributed by atoms with Crippen LogP contribution in [0.4, 0.5) is 0 Å². The Labute approximate surface area is 216 Å². The normalized spacial score (nSPS) is 10.8. The zero-order chi connectivity index (χ0) is 25.9. The number of benzene rings is 3. The predicted molar refractivity (Wildman–Crippen MR) is 141 cm³/mol. The van der Waals surface area contributed by atoms with Crippen LogP contribution in [-0.4, -0.2) is 22.4 Å². The van der Waals surface area contributed by atoms with E-state index in [0.717, 1.165) is 16.8 Å². The minimum absolute atomic E-state index is 0.0836. The molecule has 0 spiro atoms. The first-order valence-corrected chi connectivity index (χ1v) is 12.4. The van der Waals surface area contributed by atoms with Crippen molar-refractivity contribution in [1.29, 1.82) is 0 Å². The molecule has 0 atom stereocenters. The van der Waals surface area contributed by atoms with Gasteiger partial charge in [0.05, 0.1) is 18.2 Å². The molecule has 0 aliphatic rings. The molecular formula is C30H30N2O5. The van der Waals surface area contributed by atoms with Crippen molar-refractivity contribution in [3.05, 3.63) is 124 Å². The summed E-state index contributed by atoms with van der Waals surface area (Å²) in [6.07, 6.45) is 1.56. The first-order chi connectivity index (χ1) is 18.1. The minimum atomic E-state index is -0.421. The summed E-state index contributed by atoms with van der Waals surface area (Å²) >= 11 is 0. The first-order valence-electron chi connectivity index (χ1n) is 12.4. The van der Waals surface area contributed by atoms with Crippen LogP contribution in [0.25, 0.3) is 0 Å². The summed E-state index contributed by atoms with van der Waals surface area (Å²) in [6, 6.07) is 30.5. The number of carbonyl (C=O) groups excluding carboxylic acids is 1. The SMILES string of the molecule is CCCC(=O)OOc1cccc(OCCCn2nc(C(c3ccccc3)c3ccccc3)ccc2=O)c1. The Kier molecular flexibility index (Phi) is 9.07. The van der Waals surface area contributed by atoms with Gasteiger partial charge in [-0.15, -0.1) is 0 Å². The fraction of sp³-hybridized carbons (Fsp3) is 0.233. The summed E-state index contributed by atoms with van der Waals surface area (Å²) < 4.78 is 7.31. The molecule has 3 aromatic carbocycles. The van der Waals surface area contributed by atoms with Crippen LogP contribution in [0.1, 0.15) is 48.9 Å². The van der Waals surface area contributed by atoms with E-state index in [1.165, 1.54) is 4.68 Å². The lowest BCUT2D eigenvalue weighted by Crippen LogP contribution is -2.25. The standard InChI is InChI=1S/C30H30N2O5/c1-2-11-29(34)37-36-26-17-9-16-25(22-26)35-21-10-20-32-28(33)19-18-27(31-32)30(23-12-5-3-6-13-23)24-14-7-4-8-15-24/h3-9,12-19,22,30H,2,10-11,20-21H2,1H3. The van der Waals surface area contributed by atoms with Crippen molar-refractivity contribution in [3.63, 3.8) is 0 Å². The maximum Gasteiger partial charge on any atom is 0.355 e. The number of hydrogen-bond donors (Lipinski definition) is 0. The quantitative estimate of drug-likeness (QED) is 0.145. The second-order valence-electron chi connectivity index (χ2n) is 8.54. The summed E-state index contributed by atoms with van der Waals surface area (Å²) in [5, 5.41) is 4.72. The lowest BCUT2D eigenvalue weighted by atomic mass is 9.88. The van der Waals surface area contributed by atoms with Crippen LogP contribution >= 0.6 is 0 Å². The molecule has 37 heavy (non-hydrogen) atoms. The third-order valence-electron chi connectivity index (χ3n) is 5.72. The van der Waals surface area contributed by atoms with Gasteiger partial charge in [0.1, 0.15) is 5.75 Å². The Morgan fingerprint density at radius 3 is 2.22 bits per heavy atom. The Morgan fingerprint density at radius 2 is 1.54 bits per heavy atom. The molecule has 4 aromatic rings. The summed E-state index contributed by atoms with van der Waals surface area (Å²) in [5.41, 5.74) is 2.86. The first kappa shape index (κ1) is 25.7. The third-order valence-corrected chi connectivity index (χ3v) is 5.72. The van der Waals surface area contributed by atoms with Crippen molar-refractivity contribution in [2.45, 2.75) is 38.6 Å². The van der Waals surface area contributed by atoms with Crippen LogP contribution in [-0.2, 0) is 16.2 Å². The number of nitrogens with zero attached hydrogens (tertiary/aromatic N) is 2. The van der Waals surface area contributed by atoms with Crippen LogP contribution in [0, 0.1) is 0 Å². The number of aromatic nitrogens is 2. The lowest BCUT2D eigenvalue weighted by Gasteiger charge is -2.18. The third kappa shape index (κ3) is 7.30. The fourth-order valence-electron chi connectivity index (χ4n) is 3.96. The monoisotopic (exact) mass is 498 g/mol. The summed E-state index contributed by atoms with van der Waals surface area (Å²) in [7, 11) is 0. The van der Waals surface area contributed by atoms with Gasteiger partial charge in [-0.25, -0.2) is 9.48 Å². The number of ether oxygens (including phenoxy) is 1. The molecule has 7 heteroatoms. The molecule has 1 aromatic heterocycles. The van der Waals surface area contributed by atoms with E-state index in [2.05, 4.69) is 24.3 Å². The smallest absolute Gasteiger partial charge is 0.355 e. The van der Waals surface area contributed by atoms with Crippen molar-refractivity contribution in [3.8, 4) is 11.5 Å². The van der Waals surface area contributed by atoms with Crippen LogP contribution < -0.4 is 15.2 Å². The van der Waals surface area contributed by atoms with Crippen molar-refractivity contribution in [2.24, 2.45) is 0 Å². The highest BCUT2D eigenvalue weighted by Gasteiger charge is 2.19. The van der Waals surface area contributed by atoms with Crippen molar-refractivity contribution in [2.75, 3.05) is 6.61 Å². The molecular weight excluding hydrogens is 468 g/mol. The van der Waals surface area contributed by atoms with E-state index < -0.39 is 5.97 Å². The van der Waals surface area contributed by atoms with Crippen LogP contribution in [0.3, 0.4) is 0 Å². The van der Waals surface area contributed by atoms with Crippen molar-refractivity contribution < 1.29 is 19.3 Å². The Bertz CT molecular complexity index is 1300. The van der Waals surface area contributed by atoms with Gasteiger partial charge in [0.25, 0.3) is 5.56 Å². The average Bonchev–Trinajstić information content (AvgIpc) is 2.93. The predicted octanol–water partition coefficient (Wildman–Crippen LogP) is 5.53. The molecule has 4 rings (SSSR count). The summed E-state index contributed by atoms with van der Waals surface area (Å²) in [5.74, 6) is 0.446. The molecule has 190 valence electrons. The van der Waals surface area contributed by atoms with Gasteiger partial charge in [0.2, 0.25) is 0 Å². The van der Waals surface area contributed by atoms with Crippen molar-refractivity contribution in [1.82, 2.24) is 9.78 Å². The molecule has 1 heterocycles. The molecule has 0 fully saturated rings. The molecule has 0 amide bonds. The highest BCUT2D eigenvalue weighted by molar-refractivity contribution is 5.68. The van der Waals surface area contributed by atoms with Gasteiger partial charge in [-0.3, -0.25) is 14.6 Å². The van der Waals surface area contributed by atoms with Crippen LogP contribution in [0.5, 0.6) is 11.5 Å². The van der Waals surface area contributed by atoms with Gasteiger partial charge in [-0.05, 0) is 35.7 Å². The van der Waals surface area contributed by atoms with Crippen LogP contribution in [0.15, 0.2) is 102 Å². The zero-order valence-electron chi connectivity index (χ0n) is 20.8. The molecule has 0 saturated heterocycles. The zero-order valence-corrected chi connectivity index (χ0v) is 20.8. The molecule has 0 aliphatic heterocycles. The van der Waals surface area contributed by atoms with Gasteiger partial charge in [0, 0.05) is 31.5 Å². The van der Waals surface area contributed by atoms with Gasteiger partial charge in [-0.1, -0.05) is 73.7 Å².